The summed E-state index contributed by atoms with van der Waals surface area (Å²) in [7, 11) is 0. The molecule has 0 amide bonds. The van der Waals surface area contributed by atoms with E-state index in [-0.39, 0.29) is 23.8 Å². The van der Waals surface area contributed by atoms with Crippen LogP contribution in [0, 0.1) is 18.6 Å². The molecule has 0 saturated carbocycles. The number of H-pyrrole nitrogens is 1. The fourth-order valence-corrected chi connectivity index (χ4v) is 2.17. The lowest BCUT2D eigenvalue weighted by atomic mass is 10.2. The van der Waals surface area contributed by atoms with Crippen molar-refractivity contribution in [2.75, 3.05) is 11.1 Å². The average Bonchev–Trinajstić information content (AvgIpc) is 2.76. The molecule has 0 radical (unpaired) electrons. The maximum atomic E-state index is 13.8. The standard InChI is InChI=1S/C14H12F2N4.ClH/c1-7-6-19-14-12(7)11(2-3-18-14)20-13-9(15)4-8(17)5-10(13)16;/h2-6H,17H2,1H3,(H2,18,19,20);1H. The Bertz CT molecular complexity index is 778. The van der Waals surface area contributed by atoms with E-state index in [1.807, 2.05) is 6.92 Å². The Kier molecular flexibility index (Phi) is 3.99. The van der Waals surface area contributed by atoms with Gasteiger partial charge in [0.1, 0.15) is 11.3 Å². The molecule has 0 saturated heterocycles. The minimum absolute atomic E-state index is 0. The Balaban J connectivity index is 0.00000161. The van der Waals surface area contributed by atoms with Crippen LogP contribution in [0.3, 0.4) is 0 Å². The quantitative estimate of drug-likeness (QED) is 0.629. The second-order valence-corrected chi connectivity index (χ2v) is 4.54. The van der Waals surface area contributed by atoms with Gasteiger partial charge in [0.05, 0.1) is 5.69 Å². The maximum absolute atomic E-state index is 13.8. The molecule has 2 heterocycles. The van der Waals surface area contributed by atoms with Crippen molar-refractivity contribution in [1.82, 2.24) is 9.97 Å². The summed E-state index contributed by atoms with van der Waals surface area (Å²) in [4.78, 5) is 7.15. The van der Waals surface area contributed by atoms with Crippen LogP contribution in [0.25, 0.3) is 11.0 Å². The molecule has 3 aromatic rings. The molecular weight excluding hydrogens is 298 g/mol. The van der Waals surface area contributed by atoms with Crippen LogP contribution in [0.1, 0.15) is 5.56 Å². The van der Waals surface area contributed by atoms with E-state index in [1.54, 1.807) is 18.5 Å². The number of aromatic nitrogens is 2. The number of nitrogens with one attached hydrogen (secondary N) is 2. The van der Waals surface area contributed by atoms with Crippen molar-refractivity contribution in [2.24, 2.45) is 0 Å². The van der Waals surface area contributed by atoms with Gasteiger partial charge in [-0.25, -0.2) is 13.8 Å². The summed E-state index contributed by atoms with van der Waals surface area (Å²) in [6, 6.07) is 3.82. The van der Waals surface area contributed by atoms with E-state index in [9.17, 15) is 8.78 Å². The van der Waals surface area contributed by atoms with Crippen molar-refractivity contribution >= 4 is 40.5 Å². The van der Waals surface area contributed by atoms with Gasteiger partial charge < -0.3 is 16.0 Å². The first-order valence-electron chi connectivity index (χ1n) is 6.00. The average molecular weight is 311 g/mol. The number of nitrogens with zero attached hydrogens (tertiary/aromatic N) is 1. The van der Waals surface area contributed by atoms with Gasteiger partial charge in [-0.2, -0.15) is 0 Å². The number of pyridine rings is 1. The van der Waals surface area contributed by atoms with Gasteiger partial charge in [-0.15, -0.1) is 12.4 Å². The molecule has 7 heteroatoms. The fraction of sp³-hybridized carbons (Fsp3) is 0.0714. The van der Waals surface area contributed by atoms with Gasteiger partial charge in [-0.05, 0) is 30.7 Å². The lowest BCUT2D eigenvalue weighted by molar-refractivity contribution is 0.592. The predicted molar refractivity (Wildman–Crippen MR) is 82.1 cm³/mol. The number of halogens is 3. The van der Waals surface area contributed by atoms with Gasteiger partial charge in [-0.1, -0.05) is 0 Å². The van der Waals surface area contributed by atoms with Crippen molar-refractivity contribution < 1.29 is 8.78 Å². The van der Waals surface area contributed by atoms with Gasteiger partial charge >= 0.3 is 0 Å². The van der Waals surface area contributed by atoms with E-state index in [1.165, 1.54) is 0 Å². The second-order valence-electron chi connectivity index (χ2n) is 4.54. The number of aryl methyl sites for hydroxylation is 1. The monoisotopic (exact) mass is 310 g/mol. The fourth-order valence-electron chi connectivity index (χ4n) is 2.17. The highest BCUT2D eigenvalue weighted by Gasteiger charge is 2.13. The Hall–Kier alpha value is -2.34. The van der Waals surface area contributed by atoms with Crippen LogP contribution in [0.5, 0.6) is 0 Å². The van der Waals surface area contributed by atoms with E-state index >= 15 is 0 Å². The van der Waals surface area contributed by atoms with Crippen molar-refractivity contribution in [1.29, 1.82) is 0 Å². The lowest BCUT2D eigenvalue weighted by Gasteiger charge is -2.11. The Morgan fingerprint density at radius 2 is 1.90 bits per heavy atom. The third kappa shape index (κ3) is 2.62. The zero-order valence-corrected chi connectivity index (χ0v) is 11.9. The van der Waals surface area contributed by atoms with Crippen LogP contribution < -0.4 is 11.1 Å². The first-order valence-corrected chi connectivity index (χ1v) is 6.00. The van der Waals surface area contributed by atoms with E-state index in [0.717, 1.165) is 23.1 Å². The molecule has 0 spiro atoms. The summed E-state index contributed by atoms with van der Waals surface area (Å²) in [6.45, 7) is 1.89. The number of fused-ring (bicyclic) bond motifs is 1. The number of nitrogen functional groups attached to an aromatic ring is 1. The molecule has 2 aromatic heterocycles. The predicted octanol–water partition coefficient (Wildman–Crippen LogP) is 3.90. The second kappa shape index (κ2) is 5.57. The van der Waals surface area contributed by atoms with E-state index in [2.05, 4.69) is 15.3 Å². The number of hydrogen-bond acceptors (Lipinski definition) is 3. The van der Waals surface area contributed by atoms with Crippen LogP contribution in [0.15, 0.2) is 30.6 Å². The van der Waals surface area contributed by atoms with Crippen LogP contribution in [-0.2, 0) is 0 Å². The molecule has 0 bridgehead atoms. The van der Waals surface area contributed by atoms with Crippen molar-refractivity contribution in [3.8, 4) is 0 Å². The van der Waals surface area contributed by atoms with Gasteiger partial charge in [0.2, 0.25) is 0 Å². The SMILES string of the molecule is Cc1c[nH]c2nccc(Nc3c(F)cc(N)cc3F)c12.Cl. The molecule has 0 unspecified atom stereocenters. The third-order valence-corrected chi connectivity index (χ3v) is 3.09. The first kappa shape index (κ1) is 15.1. The highest BCUT2D eigenvalue weighted by atomic mass is 35.5. The minimum Gasteiger partial charge on any atom is -0.399 e. The number of rotatable bonds is 2. The summed E-state index contributed by atoms with van der Waals surface area (Å²) in [5.74, 6) is -1.47. The van der Waals surface area contributed by atoms with E-state index in [0.29, 0.717) is 11.3 Å². The number of nitrogens with two attached hydrogens (primary N) is 1. The number of aromatic amines is 1. The minimum atomic E-state index is -0.736. The molecule has 1 aromatic carbocycles. The van der Waals surface area contributed by atoms with Crippen LogP contribution >= 0.6 is 12.4 Å². The zero-order chi connectivity index (χ0) is 14.3. The third-order valence-electron chi connectivity index (χ3n) is 3.09. The van der Waals surface area contributed by atoms with Gasteiger partial charge in [0, 0.05) is 23.5 Å². The molecule has 21 heavy (non-hydrogen) atoms. The molecule has 4 N–H and O–H groups in total. The molecule has 0 aliphatic heterocycles. The Labute approximate surface area is 125 Å². The summed E-state index contributed by atoms with van der Waals surface area (Å²) in [6.07, 6.45) is 3.35. The lowest BCUT2D eigenvalue weighted by Crippen LogP contribution is -2.00. The molecule has 0 atom stereocenters. The topological polar surface area (TPSA) is 66.7 Å². The molecule has 4 nitrogen and oxygen atoms in total. The maximum Gasteiger partial charge on any atom is 0.151 e. The van der Waals surface area contributed by atoms with E-state index in [4.69, 9.17) is 5.73 Å². The summed E-state index contributed by atoms with van der Waals surface area (Å²) < 4.78 is 27.6. The largest absolute Gasteiger partial charge is 0.399 e. The summed E-state index contributed by atoms with van der Waals surface area (Å²) in [5.41, 5.74) is 7.39. The number of hydrogen-bond donors (Lipinski definition) is 3. The number of anilines is 3. The van der Waals surface area contributed by atoms with Gasteiger partial charge in [-0.3, -0.25) is 0 Å². The molecule has 0 fully saturated rings. The van der Waals surface area contributed by atoms with Crippen LogP contribution in [-0.4, -0.2) is 9.97 Å². The van der Waals surface area contributed by atoms with Crippen LogP contribution in [0.4, 0.5) is 25.8 Å². The smallest absolute Gasteiger partial charge is 0.151 e. The highest BCUT2D eigenvalue weighted by Crippen LogP contribution is 2.30. The normalized spacial score (nSPS) is 10.4. The Morgan fingerprint density at radius 3 is 2.57 bits per heavy atom. The Morgan fingerprint density at radius 1 is 1.24 bits per heavy atom. The van der Waals surface area contributed by atoms with E-state index < -0.39 is 11.6 Å². The van der Waals surface area contributed by atoms with Gasteiger partial charge in [0.25, 0.3) is 0 Å². The molecule has 0 aliphatic rings. The number of benzene rings is 1. The molecule has 3 rings (SSSR count). The highest BCUT2D eigenvalue weighted by molar-refractivity contribution is 5.94. The summed E-state index contributed by atoms with van der Waals surface area (Å²) in [5, 5.41) is 3.57. The summed E-state index contributed by atoms with van der Waals surface area (Å²) >= 11 is 0. The van der Waals surface area contributed by atoms with Crippen LogP contribution in [0.2, 0.25) is 0 Å². The molecule has 110 valence electrons. The van der Waals surface area contributed by atoms with Crippen molar-refractivity contribution in [2.45, 2.75) is 6.92 Å². The molecular formula is C14H13ClF2N4. The zero-order valence-electron chi connectivity index (χ0n) is 11.1. The van der Waals surface area contributed by atoms with Crippen molar-refractivity contribution in [3.63, 3.8) is 0 Å². The first-order chi connectivity index (χ1) is 9.56. The molecule has 0 aliphatic carbocycles. The van der Waals surface area contributed by atoms with Gasteiger partial charge in [0.15, 0.2) is 11.6 Å². The van der Waals surface area contributed by atoms with Crippen molar-refractivity contribution in [3.05, 3.63) is 47.8 Å².